The van der Waals surface area contributed by atoms with Crippen LogP contribution in [0.4, 0.5) is 4.79 Å². The summed E-state index contributed by atoms with van der Waals surface area (Å²) >= 11 is 5.05. The van der Waals surface area contributed by atoms with E-state index in [0.717, 1.165) is 29.4 Å². The van der Waals surface area contributed by atoms with Gasteiger partial charge in [-0.3, -0.25) is 19.3 Å². The van der Waals surface area contributed by atoms with Crippen LogP contribution in [0.15, 0.2) is 17.0 Å². The lowest BCUT2D eigenvalue weighted by atomic mass is 10.2. The minimum atomic E-state index is -0.600. The average molecular weight is 625 g/mol. The summed E-state index contributed by atoms with van der Waals surface area (Å²) in [5.41, 5.74) is 0.745. The number of halogens is 2. The van der Waals surface area contributed by atoms with Crippen LogP contribution in [0.5, 0.6) is 5.75 Å². The molecule has 1 saturated heterocycles. The minimum Gasteiger partial charge on any atom is -0.479 e. The number of carbonyl (C=O) groups excluding carboxylic acids is 3. The fraction of sp³-hybridized carbons (Fsp3) is 0.316. The van der Waals surface area contributed by atoms with Gasteiger partial charge in [-0.2, -0.15) is 0 Å². The van der Waals surface area contributed by atoms with Crippen molar-refractivity contribution in [2.45, 2.75) is 26.4 Å². The normalized spacial score (nSPS) is 16.2. The van der Waals surface area contributed by atoms with E-state index in [-0.39, 0.29) is 24.2 Å². The van der Waals surface area contributed by atoms with Crippen molar-refractivity contribution in [2.24, 2.45) is 0 Å². The molecule has 0 aliphatic carbocycles. The number of hydrogen-bond donors (Lipinski definition) is 0. The second-order valence-corrected chi connectivity index (χ2v) is 9.10. The molecule has 1 aromatic carbocycles. The van der Waals surface area contributed by atoms with Gasteiger partial charge in [0.15, 0.2) is 0 Å². The van der Waals surface area contributed by atoms with Gasteiger partial charge in [-0.15, -0.1) is 6.42 Å². The highest BCUT2D eigenvalue weighted by Crippen LogP contribution is 2.34. The number of rotatable bonds is 7. The molecule has 9 heteroatoms. The summed E-state index contributed by atoms with van der Waals surface area (Å²) in [5, 5.41) is -0.490. The van der Waals surface area contributed by atoms with Gasteiger partial charge in [-0.1, -0.05) is 12.8 Å². The molecule has 0 spiro atoms. The van der Waals surface area contributed by atoms with E-state index >= 15 is 0 Å². The summed E-state index contributed by atoms with van der Waals surface area (Å²) in [4.78, 5) is 37.8. The second-order valence-electron chi connectivity index (χ2n) is 5.78. The molecule has 1 aromatic rings. The van der Waals surface area contributed by atoms with Crippen LogP contribution in [0.1, 0.15) is 25.8 Å². The number of nitrogens with zero attached hydrogens (tertiary/aromatic N) is 1. The zero-order valence-electron chi connectivity index (χ0n) is 15.2. The Labute approximate surface area is 195 Å². The maximum absolute atomic E-state index is 12.5. The van der Waals surface area contributed by atoms with Gasteiger partial charge in [0.05, 0.1) is 18.1 Å². The maximum atomic E-state index is 12.5. The summed E-state index contributed by atoms with van der Waals surface area (Å²) in [5.74, 6) is 1.99. The standard InChI is InChI=1S/C19H17I2NO5S/c1-4-6-26-17-13(20)7-12(8-14(17)21)9-15-18(24)22(19(25)28-15)10-16(23)27-11(3)5-2/h1,7-9,11H,5-6,10H2,2-3H3/b15-9-/t11-/m0/s1. The average Bonchev–Trinajstić information content (AvgIpc) is 2.88. The minimum absolute atomic E-state index is 0.164. The molecule has 1 atom stereocenters. The number of thioether (sulfide) groups is 1. The van der Waals surface area contributed by atoms with Gasteiger partial charge in [0.2, 0.25) is 0 Å². The van der Waals surface area contributed by atoms with E-state index < -0.39 is 17.1 Å². The number of carbonyl (C=O) groups is 3. The molecular weight excluding hydrogens is 608 g/mol. The quantitative estimate of drug-likeness (QED) is 0.195. The molecule has 6 nitrogen and oxygen atoms in total. The topological polar surface area (TPSA) is 72.9 Å². The molecule has 2 amide bonds. The van der Waals surface area contributed by atoms with Crippen LogP contribution < -0.4 is 4.74 Å². The number of benzene rings is 1. The fourth-order valence-corrected chi connectivity index (χ4v) is 5.14. The smallest absolute Gasteiger partial charge is 0.326 e. The van der Waals surface area contributed by atoms with E-state index in [1.807, 2.05) is 19.1 Å². The first-order valence-electron chi connectivity index (χ1n) is 8.27. The van der Waals surface area contributed by atoms with Gasteiger partial charge >= 0.3 is 5.97 Å². The molecule has 1 fully saturated rings. The predicted octanol–water partition coefficient (Wildman–Crippen LogP) is 4.29. The lowest BCUT2D eigenvalue weighted by molar-refractivity contribution is -0.150. The lowest BCUT2D eigenvalue weighted by Crippen LogP contribution is -2.35. The van der Waals surface area contributed by atoms with Crippen molar-refractivity contribution in [1.29, 1.82) is 0 Å². The SMILES string of the molecule is C#CCOc1c(I)cc(/C=C2\SC(=O)N(CC(=O)O[C@@H](C)CC)C2=O)cc1I. The van der Waals surface area contributed by atoms with E-state index in [1.165, 1.54) is 0 Å². The van der Waals surface area contributed by atoms with Gasteiger partial charge in [0.25, 0.3) is 11.1 Å². The van der Waals surface area contributed by atoms with Crippen LogP contribution in [0.25, 0.3) is 6.08 Å². The number of imide groups is 1. The highest BCUT2D eigenvalue weighted by atomic mass is 127. The summed E-state index contributed by atoms with van der Waals surface area (Å²) in [6, 6.07) is 3.67. The summed E-state index contributed by atoms with van der Waals surface area (Å²) in [6.07, 6.45) is 7.25. The molecule has 148 valence electrons. The molecular formula is C19H17I2NO5S. The number of esters is 1. The predicted molar refractivity (Wildman–Crippen MR) is 125 cm³/mol. The van der Waals surface area contributed by atoms with Crippen LogP contribution in [0.3, 0.4) is 0 Å². The van der Waals surface area contributed by atoms with Crippen molar-refractivity contribution in [3.05, 3.63) is 29.7 Å². The van der Waals surface area contributed by atoms with Crippen LogP contribution in [-0.2, 0) is 14.3 Å². The highest BCUT2D eigenvalue weighted by Gasteiger charge is 2.36. The molecule has 0 aromatic heterocycles. The fourth-order valence-electron chi connectivity index (χ4n) is 2.18. The van der Waals surface area contributed by atoms with Crippen LogP contribution in [0, 0.1) is 19.5 Å². The largest absolute Gasteiger partial charge is 0.479 e. The summed E-state index contributed by atoms with van der Waals surface area (Å²) in [6.45, 7) is 3.41. The Morgan fingerprint density at radius 1 is 1.36 bits per heavy atom. The van der Waals surface area contributed by atoms with Crippen molar-refractivity contribution < 1.29 is 23.9 Å². The van der Waals surface area contributed by atoms with Gasteiger partial charge < -0.3 is 9.47 Å². The zero-order chi connectivity index (χ0) is 20.8. The molecule has 0 bridgehead atoms. The summed E-state index contributed by atoms with van der Waals surface area (Å²) < 4.78 is 12.3. The molecule has 2 rings (SSSR count). The van der Waals surface area contributed by atoms with Gasteiger partial charge in [-0.05, 0) is 94.1 Å². The van der Waals surface area contributed by atoms with E-state index in [2.05, 4.69) is 51.1 Å². The van der Waals surface area contributed by atoms with Crippen LogP contribution >= 0.6 is 56.9 Å². The Kier molecular flexibility index (Phi) is 8.63. The van der Waals surface area contributed by atoms with Crippen LogP contribution in [-0.4, -0.2) is 41.3 Å². The van der Waals surface area contributed by atoms with E-state index in [1.54, 1.807) is 13.0 Å². The van der Waals surface area contributed by atoms with Crippen molar-refractivity contribution in [1.82, 2.24) is 4.90 Å². The third-order valence-electron chi connectivity index (χ3n) is 3.69. The Morgan fingerprint density at radius 3 is 2.57 bits per heavy atom. The molecule has 0 saturated carbocycles. The number of hydrogen-bond acceptors (Lipinski definition) is 6. The van der Waals surface area contributed by atoms with Crippen molar-refractivity contribution in [3.8, 4) is 18.1 Å². The van der Waals surface area contributed by atoms with Crippen molar-refractivity contribution >= 4 is 80.1 Å². The Bertz CT molecular complexity index is 855. The second kappa shape index (κ2) is 10.5. The molecule has 1 aliphatic rings. The van der Waals surface area contributed by atoms with Gasteiger partial charge in [0.1, 0.15) is 18.9 Å². The highest BCUT2D eigenvalue weighted by molar-refractivity contribution is 14.1. The van der Waals surface area contributed by atoms with Crippen molar-refractivity contribution in [3.63, 3.8) is 0 Å². The molecule has 0 unspecified atom stereocenters. The third-order valence-corrected chi connectivity index (χ3v) is 6.20. The number of ether oxygens (including phenoxy) is 2. The molecule has 0 radical (unpaired) electrons. The number of amides is 2. The van der Waals surface area contributed by atoms with E-state index in [0.29, 0.717) is 12.2 Å². The van der Waals surface area contributed by atoms with E-state index in [9.17, 15) is 14.4 Å². The Hall–Kier alpha value is -1.26. The monoisotopic (exact) mass is 625 g/mol. The first kappa shape index (κ1) is 23.0. The van der Waals surface area contributed by atoms with Gasteiger partial charge in [-0.25, -0.2) is 0 Å². The first-order valence-corrected chi connectivity index (χ1v) is 11.2. The number of terminal acetylenes is 1. The summed E-state index contributed by atoms with van der Waals surface area (Å²) in [7, 11) is 0. The van der Waals surface area contributed by atoms with Crippen molar-refractivity contribution in [2.75, 3.05) is 13.2 Å². The van der Waals surface area contributed by atoms with Crippen LogP contribution in [0.2, 0.25) is 0 Å². The molecule has 1 heterocycles. The molecule has 28 heavy (non-hydrogen) atoms. The maximum Gasteiger partial charge on any atom is 0.326 e. The zero-order valence-corrected chi connectivity index (χ0v) is 20.3. The van der Waals surface area contributed by atoms with Gasteiger partial charge in [0, 0.05) is 0 Å². The Balaban J connectivity index is 2.17. The van der Waals surface area contributed by atoms with E-state index in [4.69, 9.17) is 15.9 Å². The Morgan fingerprint density at radius 2 is 2.00 bits per heavy atom. The first-order chi connectivity index (χ1) is 13.3. The third kappa shape index (κ3) is 5.87. The lowest BCUT2D eigenvalue weighted by Gasteiger charge is -2.14. The molecule has 1 aliphatic heterocycles. The molecule has 0 N–H and O–H groups in total.